The van der Waals surface area contributed by atoms with Crippen molar-refractivity contribution in [3.63, 3.8) is 0 Å². The van der Waals surface area contributed by atoms with Gasteiger partial charge in [0.25, 0.3) is 0 Å². The number of carbonyl (C=O) groups excluding carboxylic acids is 1. The number of likely N-dealkylation sites (tertiary alicyclic amines) is 1. The van der Waals surface area contributed by atoms with Gasteiger partial charge < -0.3 is 10.6 Å². The quantitative estimate of drug-likeness (QED) is 0.668. The monoisotopic (exact) mass is 372 g/mol. The number of hydrogen-bond donors (Lipinski definition) is 2. The Balaban J connectivity index is 1.57. The van der Waals surface area contributed by atoms with E-state index >= 15 is 0 Å². The van der Waals surface area contributed by atoms with Crippen LogP contribution in [0.25, 0.3) is 0 Å². The van der Waals surface area contributed by atoms with Crippen molar-refractivity contribution in [2.24, 2.45) is 5.73 Å². The maximum Gasteiger partial charge on any atom is 0.237 e. The molecule has 0 aromatic carbocycles. The number of hydrogen-bond acceptors (Lipinski definition) is 5. The molecule has 0 aromatic rings. The van der Waals surface area contributed by atoms with E-state index < -0.39 is 15.6 Å². The molecule has 0 unspecified atom stereocenters. The van der Waals surface area contributed by atoms with Crippen molar-refractivity contribution in [3.05, 3.63) is 0 Å². The number of rotatable bonds is 7. The van der Waals surface area contributed by atoms with Crippen molar-refractivity contribution in [2.75, 3.05) is 31.9 Å². The largest absolute Gasteiger partial charge is 0.368 e. The average Bonchev–Trinajstić information content (AvgIpc) is 2.77. The van der Waals surface area contributed by atoms with Gasteiger partial charge in [0.15, 0.2) is 0 Å². The van der Waals surface area contributed by atoms with Crippen LogP contribution in [0.3, 0.4) is 0 Å². The van der Waals surface area contributed by atoms with E-state index in [9.17, 15) is 13.2 Å². The van der Waals surface area contributed by atoms with E-state index in [2.05, 4.69) is 14.5 Å². The third kappa shape index (κ3) is 4.02. The maximum absolute atomic E-state index is 12.1. The van der Waals surface area contributed by atoms with Gasteiger partial charge in [0.05, 0.1) is 5.75 Å². The molecule has 3 fully saturated rings. The SMILES string of the molecule is CCS(=O)(=O)N[C@H]1CCCN(CCN2[C@@H]3CCC[C@@]2(C(N)=O)CC3)C1. The predicted molar refractivity (Wildman–Crippen MR) is 97.6 cm³/mol. The molecule has 0 aliphatic carbocycles. The van der Waals surface area contributed by atoms with Crippen LogP contribution in [0.15, 0.2) is 0 Å². The molecule has 0 radical (unpaired) electrons. The fourth-order valence-corrected chi connectivity index (χ4v) is 5.85. The first-order valence-electron chi connectivity index (χ1n) is 9.65. The molecule has 8 heteroatoms. The van der Waals surface area contributed by atoms with Gasteiger partial charge in [-0.3, -0.25) is 9.69 Å². The lowest BCUT2D eigenvalue weighted by Gasteiger charge is -2.44. The summed E-state index contributed by atoms with van der Waals surface area (Å²) in [6, 6.07) is 0.488. The summed E-state index contributed by atoms with van der Waals surface area (Å²) >= 11 is 0. The Hall–Kier alpha value is -0.700. The highest BCUT2D eigenvalue weighted by atomic mass is 32.2. The molecule has 3 saturated heterocycles. The van der Waals surface area contributed by atoms with Crippen LogP contribution in [0.1, 0.15) is 51.9 Å². The second-order valence-electron chi connectivity index (χ2n) is 7.83. The maximum atomic E-state index is 12.1. The summed E-state index contributed by atoms with van der Waals surface area (Å²) in [6.45, 7) is 5.13. The van der Waals surface area contributed by atoms with Crippen LogP contribution < -0.4 is 10.5 Å². The number of carbonyl (C=O) groups is 1. The zero-order valence-electron chi connectivity index (χ0n) is 15.2. The van der Waals surface area contributed by atoms with Crippen LogP contribution in [0.5, 0.6) is 0 Å². The molecule has 2 bridgehead atoms. The van der Waals surface area contributed by atoms with E-state index in [1.165, 1.54) is 0 Å². The molecular formula is C17H32N4O3S. The lowest BCUT2D eigenvalue weighted by Crippen LogP contribution is -2.60. The van der Waals surface area contributed by atoms with Gasteiger partial charge >= 0.3 is 0 Å². The molecule has 0 spiro atoms. The molecule has 3 rings (SSSR count). The summed E-state index contributed by atoms with van der Waals surface area (Å²) in [5.74, 6) is -0.0398. The zero-order valence-corrected chi connectivity index (χ0v) is 16.1. The lowest BCUT2D eigenvalue weighted by molar-refractivity contribution is -0.131. The van der Waals surface area contributed by atoms with Gasteiger partial charge in [0.1, 0.15) is 5.54 Å². The molecule has 3 aliphatic rings. The highest BCUT2D eigenvalue weighted by molar-refractivity contribution is 7.89. The second-order valence-corrected chi connectivity index (χ2v) is 9.88. The molecule has 0 saturated carbocycles. The van der Waals surface area contributed by atoms with Gasteiger partial charge in [-0.15, -0.1) is 0 Å². The molecule has 3 atom stereocenters. The Bertz CT molecular complexity index is 593. The molecule has 7 nitrogen and oxygen atoms in total. The molecule has 1 amide bonds. The van der Waals surface area contributed by atoms with Crippen molar-refractivity contribution < 1.29 is 13.2 Å². The first-order chi connectivity index (χ1) is 11.9. The Labute approximate surface area is 151 Å². The first-order valence-corrected chi connectivity index (χ1v) is 11.3. The Morgan fingerprint density at radius 1 is 1.20 bits per heavy atom. The molecule has 3 aliphatic heterocycles. The van der Waals surface area contributed by atoms with Gasteiger partial charge in [-0.1, -0.05) is 0 Å². The summed E-state index contributed by atoms with van der Waals surface area (Å²) in [4.78, 5) is 16.8. The molecule has 0 aromatic heterocycles. The van der Waals surface area contributed by atoms with Crippen molar-refractivity contribution in [1.82, 2.24) is 14.5 Å². The zero-order chi connectivity index (χ0) is 18.1. The lowest BCUT2D eigenvalue weighted by atomic mass is 9.87. The second kappa shape index (κ2) is 7.50. The third-order valence-electron chi connectivity index (χ3n) is 6.36. The summed E-state index contributed by atoms with van der Waals surface area (Å²) in [5, 5.41) is 0. The number of piperidine rings is 2. The minimum absolute atomic E-state index is 0.00174. The third-order valence-corrected chi connectivity index (χ3v) is 7.81. The van der Waals surface area contributed by atoms with Gasteiger partial charge in [0, 0.05) is 31.7 Å². The number of nitrogens with one attached hydrogen (secondary N) is 1. The minimum atomic E-state index is -3.15. The normalized spacial score (nSPS) is 34.3. The van der Waals surface area contributed by atoms with Crippen LogP contribution in [0.2, 0.25) is 0 Å². The number of primary amides is 1. The van der Waals surface area contributed by atoms with Crippen LogP contribution in [0.4, 0.5) is 0 Å². The fraction of sp³-hybridized carbons (Fsp3) is 0.941. The van der Waals surface area contributed by atoms with Crippen molar-refractivity contribution in [1.29, 1.82) is 0 Å². The van der Waals surface area contributed by atoms with Crippen molar-refractivity contribution in [2.45, 2.75) is 69.5 Å². The van der Waals surface area contributed by atoms with E-state index in [1.54, 1.807) is 6.92 Å². The standard InChI is InChI=1S/C17H32N4O3S/c1-2-25(23,24)19-14-5-4-10-20(13-14)11-12-21-15-6-3-8-17(21,9-7-15)16(18)22/h14-15,19H,2-13H2,1H3,(H2,18,22)/t14-,15+,17-/m0/s1. The van der Waals surface area contributed by atoms with E-state index in [1.807, 2.05) is 0 Å². The predicted octanol–water partition coefficient (Wildman–Crippen LogP) is 0.263. The summed E-state index contributed by atoms with van der Waals surface area (Å²) < 4.78 is 26.4. The molecule has 3 N–H and O–H groups in total. The first kappa shape index (κ1) is 19.1. The van der Waals surface area contributed by atoms with E-state index in [0.717, 1.165) is 71.1 Å². The summed E-state index contributed by atoms with van der Waals surface area (Å²) in [5.41, 5.74) is 5.35. The number of sulfonamides is 1. The van der Waals surface area contributed by atoms with E-state index in [-0.39, 0.29) is 17.7 Å². The van der Waals surface area contributed by atoms with Crippen LogP contribution in [-0.4, -0.2) is 73.7 Å². The van der Waals surface area contributed by atoms with Gasteiger partial charge in [-0.25, -0.2) is 13.1 Å². The highest BCUT2D eigenvalue weighted by Crippen LogP contribution is 2.43. The van der Waals surface area contributed by atoms with Crippen molar-refractivity contribution >= 4 is 15.9 Å². The summed E-state index contributed by atoms with van der Waals surface area (Å²) in [7, 11) is -3.15. The molecular weight excluding hydrogens is 340 g/mol. The smallest absolute Gasteiger partial charge is 0.237 e. The molecule has 144 valence electrons. The fourth-order valence-electron chi connectivity index (χ4n) is 4.98. The summed E-state index contributed by atoms with van der Waals surface area (Å²) in [6.07, 6.45) is 7.00. The van der Waals surface area contributed by atoms with Crippen LogP contribution in [-0.2, 0) is 14.8 Å². The minimum Gasteiger partial charge on any atom is -0.368 e. The topological polar surface area (TPSA) is 95.7 Å². The Morgan fingerprint density at radius 2 is 2.00 bits per heavy atom. The van der Waals surface area contributed by atoms with Gasteiger partial charge in [0.2, 0.25) is 15.9 Å². The molecule has 25 heavy (non-hydrogen) atoms. The number of amides is 1. The van der Waals surface area contributed by atoms with E-state index in [0.29, 0.717) is 6.04 Å². The van der Waals surface area contributed by atoms with Gasteiger partial charge in [-0.05, 0) is 58.4 Å². The van der Waals surface area contributed by atoms with Crippen molar-refractivity contribution in [3.8, 4) is 0 Å². The molecule has 3 heterocycles. The number of nitrogens with zero attached hydrogens (tertiary/aromatic N) is 2. The van der Waals surface area contributed by atoms with Gasteiger partial charge in [-0.2, -0.15) is 0 Å². The average molecular weight is 373 g/mol. The highest BCUT2D eigenvalue weighted by Gasteiger charge is 2.52. The number of nitrogens with two attached hydrogens (primary N) is 1. The Kier molecular flexibility index (Phi) is 5.72. The number of fused-ring (bicyclic) bond motifs is 2. The van der Waals surface area contributed by atoms with Crippen LogP contribution >= 0.6 is 0 Å². The van der Waals surface area contributed by atoms with Crippen LogP contribution in [0, 0.1) is 0 Å². The Morgan fingerprint density at radius 3 is 2.72 bits per heavy atom. The van der Waals surface area contributed by atoms with E-state index in [4.69, 9.17) is 5.73 Å².